The third kappa shape index (κ3) is 3.10. The van der Waals surface area contributed by atoms with Gasteiger partial charge in [-0.15, -0.1) is 11.3 Å². The molecule has 1 heterocycles. The molecule has 4 heteroatoms. The highest BCUT2D eigenvalue weighted by molar-refractivity contribution is 9.09. The van der Waals surface area contributed by atoms with Gasteiger partial charge >= 0.3 is 0 Å². The molecule has 0 bridgehead atoms. The molecule has 2 nitrogen and oxygen atoms in total. The first-order chi connectivity index (χ1) is 8.08. The first kappa shape index (κ1) is 13.1. The number of nitrogens with one attached hydrogen (secondary N) is 1. The number of rotatable bonds is 3. The Labute approximate surface area is 115 Å². The average molecular weight is 316 g/mol. The van der Waals surface area contributed by atoms with E-state index >= 15 is 0 Å². The number of hydrogen-bond acceptors (Lipinski definition) is 2. The summed E-state index contributed by atoms with van der Waals surface area (Å²) < 4.78 is 0. The lowest BCUT2D eigenvalue weighted by molar-refractivity contribution is 0.0952. The third-order valence-corrected chi connectivity index (χ3v) is 5.84. The summed E-state index contributed by atoms with van der Waals surface area (Å²) in [7, 11) is 0. The Balaban J connectivity index is 1.89. The molecule has 1 aromatic heterocycles. The number of hydrogen-bond donors (Lipinski definition) is 1. The molecule has 0 spiro atoms. The van der Waals surface area contributed by atoms with Crippen molar-refractivity contribution < 1.29 is 4.79 Å². The van der Waals surface area contributed by atoms with E-state index in [0.717, 1.165) is 11.4 Å². The molecule has 1 aliphatic carbocycles. The van der Waals surface area contributed by atoms with Gasteiger partial charge in [0.25, 0.3) is 5.91 Å². The minimum absolute atomic E-state index is 0.0813. The third-order valence-electron chi connectivity index (χ3n) is 3.48. The molecular formula is C13H18BrNOS. The zero-order valence-corrected chi connectivity index (χ0v) is 12.7. The van der Waals surface area contributed by atoms with Gasteiger partial charge in [0.05, 0.1) is 4.88 Å². The van der Waals surface area contributed by atoms with Gasteiger partial charge < -0.3 is 5.32 Å². The Morgan fingerprint density at radius 1 is 1.53 bits per heavy atom. The summed E-state index contributed by atoms with van der Waals surface area (Å²) in [6.07, 6.45) is 3.73. The van der Waals surface area contributed by atoms with Crippen LogP contribution in [0.3, 0.4) is 0 Å². The molecule has 0 aliphatic heterocycles. The Morgan fingerprint density at radius 2 is 2.29 bits per heavy atom. The topological polar surface area (TPSA) is 29.1 Å². The second-order valence-corrected chi connectivity index (χ2v) is 7.20. The van der Waals surface area contributed by atoms with Crippen LogP contribution in [0.4, 0.5) is 0 Å². The van der Waals surface area contributed by atoms with Gasteiger partial charge in [-0.3, -0.25) is 4.79 Å². The van der Waals surface area contributed by atoms with Crippen LogP contribution in [0.5, 0.6) is 0 Å². The molecule has 1 aliphatic rings. The van der Waals surface area contributed by atoms with Crippen LogP contribution in [0.25, 0.3) is 0 Å². The highest BCUT2D eigenvalue weighted by Crippen LogP contribution is 2.31. The van der Waals surface area contributed by atoms with Gasteiger partial charge in [-0.05, 0) is 44.2 Å². The summed E-state index contributed by atoms with van der Waals surface area (Å²) in [5.74, 6) is 0.680. The van der Waals surface area contributed by atoms with Gasteiger partial charge in [-0.25, -0.2) is 0 Å². The standard InChI is InChI=1S/C13H18BrNOS/c1-8-6-12(17-9(8)2)13(16)15-7-10-4-3-5-11(10)14/h6,10-11H,3-5,7H2,1-2H3,(H,15,16). The second kappa shape index (κ2) is 5.53. The normalized spacial score (nSPS) is 23.9. The molecule has 1 N–H and O–H groups in total. The van der Waals surface area contributed by atoms with Gasteiger partial charge in [-0.2, -0.15) is 0 Å². The molecule has 2 atom stereocenters. The molecule has 0 aromatic carbocycles. The quantitative estimate of drug-likeness (QED) is 0.847. The fourth-order valence-electron chi connectivity index (χ4n) is 2.22. The van der Waals surface area contributed by atoms with Crippen molar-refractivity contribution in [2.75, 3.05) is 6.54 Å². The van der Waals surface area contributed by atoms with E-state index in [1.165, 1.54) is 29.7 Å². The number of halogens is 1. The van der Waals surface area contributed by atoms with Crippen LogP contribution in [0.15, 0.2) is 6.07 Å². The SMILES string of the molecule is Cc1cc(C(=O)NCC2CCCC2Br)sc1C. The Bertz CT molecular complexity index is 396. The van der Waals surface area contributed by atoms with Crippen LogP contribution in [0.2, 0.25) is 0 Å². The van der Waals surface area contributed by atoms with Crippen LogP contribution in [-0.2, 0) is 0 Å². The lowest BCUT2D eigenvalue weighted by Gasteiger charge is -2.14. The number of thiophene rings is 1. The molecule has 0 saturated heterocycles. The van der Waals surface area contributed by atoms with Crippen LogP contribution in [0, 0.1) is 19.8 Å². The maximum Gasteiger partial charge on any atom is 0.261 e. The summed E-state index contributed by atoms with van der Waals surface area (Å²) in [6, 6.07) is 1.98. The van der Waals surface area contributed by atoms with E-state index in [9.17, 15) is 4.79 Å². The highest BCUT2D eigenvalue weighted by Gasteiger charge is 2.25. The molecule has 1 amide bonds. The van der Waals surface area contributed by atoms with E-state index in [4.69, 9.17) is 0 Å². The van der Waals surface area contributed by atoms with E-state index in [-0.39, 0.29) is 5.91 Å². The lowest BCUT2D eigenvalue weighted by Crippen LogP contribution is -2.30. The van der Waals surface area contributed by atoms with Crippen molar-refractivity contribution in [3.05, 3.63) is 21.4 Å². The summed E-state index contributed by atoms with van der Waals surface area (Å²) in [5.41, 5.74) is 1.21. The van der Waals surface area contributed by atoms with Gasteiger partial charge in [0.15, 0.2) is 0 Å². The Hall–Kier alpha value is -0.350. The number of carbonyl (C=O) groups excluding carboxylic acids is 1. The maximum atomic E-state index is 12.0. The molecule has 2 unspecified atom stereocenters. The number of carbonyl (C=O) groups is 1. The number of aryl methyl sites for hydroxylation is 2. The van der Waals surface area contributed by atoms with Crippen molar-refractivity contribution in [3.8, 4) is 0 Å². The summed E-state index contributed by atoms with van der Waals surface area (Å²) in [4.78, 5) is 14.6. The minimum atomic E-state index is 0.0813. The van der Waals surface area contributed by atoms with Crippen LogP contribution < -0.4 is 5.32 Å². The van der Waals surface area contributed by atoms with Crippen LogP contribution in [0.1, 0.15) is 39.4 Å². The van der Waals surface area contributed by atoms with Crippen molar-refractivity contribution >= 4 is 33.2 Å². The number of alkyl halides is 1. The van der Waals surface area contributed by atoms with E-state index < -0.39 is 0 Å². The van der Waals surface area contributed by atoms with E-state index in [1.807, 2.05) is 13.0 Å². The highest BCUT2D eigenvalue weighted by atomic mass is 79.9. The summed E-state index contributed by atoms with van der Waals surface area (Å²) in [6.45, 7) is 4.90. The van der Waals surface area contributed by atoms with Gasteiger partial charge in [-0.1, -0.05) is 22.4 Å². The zero-order valence-electron chi connectivity index (χ0n) is 10.3. The van der Waals surface area contributed by atoms with Crippen molar-refractivity contribution in [3.63, 3.8) is 0 Å². The molecule has 17 heavy (non-hydrogen) atoms. The van der Waals surface area contributed by atoms with E-state index in [0.29, 0.717) is 10.7 Å². The first-order valence-corrected chi connectivity index (χ1v) is 7.80. The fourth-order valence-corrected chi connectivity index (χ4v) is 3.94. The minimum Gasteiger partial charge on any atom is -0.351 e. The van der Waals surface area contributed by atoms with Gasteiger partial charge in [0.1, 0.15) is 0 Å². The summed E-state index contributed by atoms with van der Waals surface area (Å²) >= 11 is 5.26. The zero-order chi connectivity index (χ0) is 12.4. The van der Waals surface area contributed by atoms with Crippen molar-refractivity contribution in [1.29, 1.82) is 0 Å². The predicted molar refractivity (Wildman–Crippen MR) is 76.2 cm³/mol. The smallest absolute Gasteiger partial charge is 0.261 e. The molecular weight excluding hydrogens is 298 g/mol. The molecule has 0 radical (unpaired) electrons. The fraction of sp³-hybridized carbons (Fsp3) is 0.615. The second-order valence-electron chi connectivity index (χ2n) is 4.77. The monoisotopic (exact) mass is 315 g/mol. The van der Waals surface area contributed by atoms with E-state index in [2.05, 4.69) is 28.2 Å². The first-order valence-electron chi connectivity index (χ1n) is 6.07. The molecule has 1 saturated carbocycles. The average Bonchev–Trinajstić information content (AvgIpc) is 2.83. The molecule has 1 aromatic rings. The van der Waals surface area contributed by atoms with Gasteiger partial charge in [0.2, 0.25) is 0 Å². The molecule has 2 rings (SSSR count). The Morgan fingerprint density at radius 3 is 2.82 bits per heavy atom. The predicted octanol–water partition coefficient (Wildman–Crippen LogP) is 3.66. The largest absolute Gasteiger partial charge is 0.351 e. The van der Waals surface area contributed by atoms with Crippen molar-refractivity contribution in [1.82, 2.24) is 5.32 Å². The lowest BCUT2D eigenvalue weighted by atomic mass is 10.1. The van der Waals surface area contributed by atoms with Gasteiger partial charge in [0, 0.05) is 16.2 Å². The Kier molecular flexibility index (Phi) is 4.26. The van der Waals surface area contributed by atoms with Crippen LogP contribution in [-0.4, -0.2) is 17.3 Å². The van der Waals surface area contributed by atoms with Crippen LogP contribution >= 0.6 is 27.3 Å². The molecule has 94 valence electrons. The van der Waals surface area contributed by atoms with Crippen molar-refractivity contribution in [2.45, 2.75) is 37.9 Å². The summed E-state index contributed by atoms with van der Waals surface area (Å²) in [5, 5.41) is 3.05. The number of amides is 1. The molecule has 1 fully saturated rings. The maximum absolute atomic E-state index is 12.0. The van der Waals surface area contributed by atoms with E-state index in [1.54, 1.807) is 11.3 Å². The van der Waals surface area contributed by atoms with Crippen molar-refractivity contribution in [2.24, 2.45) is 5.92 Å².